The van der Waals surface area contributed by atoms with Gasteiger partial charge in [-0.2, -0.15) is 0 Å². The number of pyridine rings is 1. The van der Waals surface area contributed by atoms with Gasteiger partial charge in [0.05, 0.1) is 5.52 Å². The lowest BCUT2D eigenvalue weighted by molar-refractivity contribution is 0.174. The number of benzene rings is 1. The molecule has 1 aromatic heterocycles. The Bertz CT molecular complexity index is 693. The highest BCUT2D eigenvalue weighted by molar-refractivity contribution is 5.94. The molecule has 0 N–H and O–H groups in total. The Morgan fingerprint density at radius 2 is 1.71 bits per heavy atom. The third-order valence-corrected chi connectivity index (χ3v) is 4.25. The molecule has 0 amide bonds. The molecular formula is C16H19N3O2. The predicted octanol–water partition coefficient (Wildman–Crippen LogP) is 2.02. The summed E-state index contributed by atoms with van der Waals surface area (Å²) in [5.74, 6) is 1.62. The standard InChI is InChI=1S/C16H19N3O2/c1-11-7-14(19-5-3-18(2)4-6-19)12-8-15-16(21-10-20-15)9-13(12)17-11/h7-9H,3-6,10H2,1-2H3. The van der Waals surface area contributed by atoms with Crippen molar-refractivity contribution in [2.75, 3.05) is 44.9 Å². The zero-order chi connectivity index (χ0) is 14.4. The Hall–Kier alpha value is -2.01. The molecule has 0 bridgehead atoms. The van der Waals surface area contributed by atoms with Crippen LogP contribution >= 0.6 is 0 Å². The fourth-order valence-electron chi connectivity index (χ4n) is 3.04. The van der Waals surface area contributed by atoms with Gasteiger partial charge >= 0.3 is 0 Å². The van der Waals surface area contributed by atoms with Gasteiger partial charge in [-0.15, -0.1) is 0 Å². The molecule has 5 heteroatoms. The van der Waals surface area contributed by atoms with E-state index in [4.69, 9.17) is 9.47 Å². The van der Waals surface area contributed by atoms with E-state index in [0.29, 0.717) is 6.79 Å². The number of anilines is 1. The number of aryl methyl sites for hydroxylation is 1. The Morgan fingerprint density at radius 3 is 2.48 bits per heavy atom. The Labute approximate surface area is 124 Å². The summed E-state index contributed by atoms with van der Waals surface area (Å²) in [5.41, 5.74) is 3.27. The molecule has 0 aliphatic carbocycles. The second-order valence-corrected chi connectivity index (χ2v) is 5.80. The quantitative estimate of drug-likeness (QED) is 0.801. The largest absolute Gasteiger partial charge is 0.454 e. The van der Waals surface area contributed by atoms with Gasteiger partial charge in [0.15, 0.2) is 11.5 Å². The molecule has 1 saturated heterocycles. The van der Waals surface area contributed by atoms with E-state index < -0.39 is 0 Å². The van der Waals surface area contributed by atoms with E-state index in [1.165, 1.54) is 5.69 Å². The maximum absolute atomic E-state index is 5.52. The average molecular weight is 285 g/mol. The summed E-state index contributed by atoms with van der Waals surface area (Å²) in [4.78, 5) is 9.46. The molecule has 2 aliphatic heterocycles. The van der Waals surface area contributed by atoms with E-state index in [9.17, 15) is 0 Å². The topological polar surface area (TPSA) is 37.8 Å². The minimum atomic E-state index is 0.300. The van der Waals surface area contributed by atoms with E-state index in [2.05, 4.69) is 34.0 Å². The Morgan fingerprint density at radius 1 is 1.00 bits per heavy atom. The highest BCUT2D eigenvalue weighted by Crippen LogP contribution is 2.39. The molecule has 0 atom stereocenters. The van der Waals surface area contributed by atoms with E-state index in [1.54, 1.807) is 0 Å². The molecule has 4 rings (SSSR count). The van der Waals surface area contributed by atoms with Gasteiger partial charge in [0, 0.05) is 49.0 Å². The molecule has 0 unspecified atom stereocenters. The van der Waals surface area contributed by atoms with Crippen molar-refractivity contribution in [3.8, 4) is 11.5 Å². The molecule has 0 saturated carbocycles. The zero-order valence-electron chi connectivity index (χ0n) is 12.4. The van der Waals surface area contributed by atoms with Crippen LogP contribution in [0, 0.1) is 6.92 Å². The summed E-state index contributed by atoms with van der Waals surface area (Å²) in [6.07, 6.45) is 0. The van der Waals surface area contributed by atoms with Crippen LogP contribution in [0.5, 0.6) is 11.5 Å². The minimum absolute atomic E-state index is 0.300. The van der Waals surface area contributed by atoms with Crippen LogP contribution in [0.3, 0.4) is 0 Å². The van der Waals surface area contributed by atoms with Crippen molar-refractivity contribution in [1.82, 2.24) is 9.88 Å². The van der Waals surface area contributed by atoms with Crippen LogP contribution in [-0.4, -0.2) is 49.9 Å². The number of aromatic nitrogens is 1. The Kier molecular flexibility index (Phi) is 2.89. The lowest BCUT2D eigenvalue weighted by atomic mass is 10.1. The first-order valence-electron chi connectivity index (χ1n) is 7.35. The van der Waals surface area contributed by atoms with Crippen molar-refractivity contribution in [1.29, 1.82) is 0 Å². The van der Waals surface area contributed by atoms with Crippen molar-refractivity contribution >= 4 is 16.6 Å². The highest BCUT2D eigenvalue weighted by Gasteiger charge is 2.20. The van der Waals surface area contributed by atoms with E-state index in [1.807, 2.05) is 13.0 Å². The molecule has 3 heterocycles. The van der Waals surface area contributed by atoms with Crippen LogP contribution in [-0.2, 0) is 0 Å². The van der Waals surface area contributed by atoms with Crippen molar-refractivity contribution < 1.29 is 9.47 Å². The smallest absolute Gasteiger partial charge is 0.231 e. The SMILES string of the molecule is Cc1cc(N2CCN(C)CC2)c2cc3c(cc2n1)OCO3. The summed E-state index contributed by atoms with van der Waals surface area (Å²) in [7, 11) is 2.17. The van der Waals surface area contributed by atoms with Gasteiger partial charge in [-0.1, -0.05) is 0 Å². The second-order valence-electron chi connectivity index (χ2n) is 5.80. The van der Waals surface area contributed by atoms with E-state index >= 15 is 0 Å². The number of hydrogen-bond acceptors (Lipinski definition) is 5. The second kappa shape index (κ2) is 4.77. The zero-order valence-corrected chi connectivity index (χ0v) is 12.4. The van der Waals surface area contributed by atoms with Crippen LogP contribution in [0.4, 0.5) is 5.69 Å². The maximum atomic E-state index is 5.52. The molecule has 2 aliphatic rings. The maximum Gasteiger partial charge on any atom is 0.231 e. The van der Waals surface area contributed by atoms with Crippen LogP contribution < -0.4 is 14.4 Å². The molecular weight excluding hydrogens is 266 g/mol. The molecule has 1 fully saturated rings. The normalized spacial score (nSPS) is 18.5. The fraction of sp³-hybridized carbons (Fsp3) is 0.438. The molecule has 0 radical (unpaired) electrons. The molecule has 0 spiro atoms. The first-order chi connectivity index (χ1) is 10.2. The molecule has 2 aromatic rings. The lowest BCUT2D eigenvalue weighted by Gasteiger charge is -2.34. The average Bonchev–Trinajstić information content (AvgIpc) is 2.92. The summed E-state index contributed by atoms with van der Waals surface area (Å²) in [6, 6.07) is 6.23. The van der Waals surface area contributed by atoms with Crippen molar-refractivity contribution in [3.05, 3.63) is 23.9 Å². The van der Waals surface area contributed by atoms with Gasteiger partial charge in [-0.25, -0.2) is 0 Å². The molecule has 21 heavy (non-hydrogen) atoms. The van der Waals surface area contributed by atoms with Gasteiger partial charge in [0.2, 0.25) is 6.79 Å². The van der Waals surface area contributed by atoms with Crippen LogP contribution in [0.25, 0.3) is 10.9 Å². The number of nitrogens with zero attached hydrogens (tertiary/aromatic N) is 3. The Balaban J connectivity index is 1.83. The van der Waals surface area contributed by atoms with Gasteiger partial charge in [0.25, 0.3) is 0 Å². The van der Waals surface area contributed by atoms with Gasteiger partial charge < -0.3 is 19.3 Å². The fourth-order valence-corrected chi connectivity index (χ4v) is 3.04. The number of likely N-dealkylation sites (N-methyl/N-ethyl adjacent to an activating group) is 1. The highest BCUT2D eigenvalue weighted by atomic mass is 16.7. The lowest BCUT2D eigenvalue weighted by Crippen LogP contribution is -2.44. The molecule has 1 aromatic carbocycles. The van der Waals surface area contributed by atoms with Crippen molar-refractivity contribution in [2.24, 2.45) is 0 Å². The number of piperazine rings is 1. The summed E-state index contributed by atoms with van der Waals surface area (Å²) in [5, 5.41) is 1.15. The minimum Gasteiger partial charge on any atom is -0.454 e. The first-order valence-corrected chi connectivity index (χ1v) is 7.35. The van der Waals surface area contributed by atoms with E-state index in [-0.39, 0.29) is 0 Å². The van der Waals surface area contributed by atoms with Gasteiger partial charge in [-0.3, -0.25) is 4.98 Å². The molecule has 5 nitrogen and oxygen atoms in total. The predicted molar refractivity (Wildman–Crippen MR) is 82.3 cm³/mol. The summed E-state index contributed by atoms with van der Waals surface area (Å²) < 4.78 is 11.0. The van der Waals surface area contributed by atoms with Gasteiger partial charge in [0.1, 0.15) is 0 Å². The number of rotatable bonds is 1. The molecule has 110 valence electrons. The van der Waals surface area contributed by atoms with Gasteiger partial charge in [-0.05, 0) is 26.1 Å². The first kappa shape index (κ1) is 12.7. The van der Waals surface area contributed by atoms with Crippen molar-refractivity contribution in [2.45, 2.75) is 6.92 Å². The van der Waals surface area contributed by atoms with Crippen molar-refractivity contribution in [3.63, 3.8) is 0 Å². The third kappa shape index (κ3) is 2.17. The van der Waals surface area contributed by atoms with E-state index in [0.717, 1.165) is 54.3 Å². The van der Waals surface area contributed by atoms with Crippen LogP contribution in [0.1, 0.15) is 5.69 Å². The summed E-state index contributed by atoms with van der Waals surface area (Å²) >= 11 is 0. The van der Waals surface area contributed by atoms with Crippen LogP contribution in [0.15, 0.2) is 18.2 Å². The number of ether oxygens (including phenoxy) is 2. The summed E-state index contributed by atoms with van der Waals surface area (Å²) in [6.45, 7) is 6.62. The monoisotopic (exact) mass is 285 g/mol. The number of hydrogen-bond donors (Lipinski definition) is 0. The van der Waals surface area contributed by atoms with Crippen LogP contribution in [0.2, 0.25) is 0 Å². The number of fused-ring (bicyclic) bond motifs is 2. The third-order valence-electron chi connectivity index (χ3n) is 4.25.